The van der Waals surface area contributed by atoms with Gasteiger partial charge in [0.2, 0.25) is 5.79 Å². The van der Waals surface area contributed by atoms with Crippen LogP contribution in [-0.4, -0.2) is 25.7 Å². The van der Waals surface area contributed by atoms with Gasteiger partial charge in [0.25, 0.3) is 0 Å². The molecule has 0 aliphatic carbocycles. The molecule has 0 amide bonds. The number of halogens is 1. The average molecular weight is 273 g/mol. The van der Waals surface area contributed by atoms with Crippen molar-refractivity contribution >= 4 is 15.9 Å². The molecular weight excluding hydrogens is 260 g/mol. The first-order chi connectivity index (χ1) is 7.32. The van der Waals surface area contributed by atoms with E-state index >= 15 is 0 Å². The van der Waals surface area contributed by atoms with Gasteiger partial charge in [-0.2, -0.15) is 0 Å². The fourth-order valence-electron chi connectivity index (χ4n) is 1.72. The van der Waals surface area contributed by atoms with Crippen LogP contribution in [-0.2, 0) is 15.3 Å². The Kier molecular flexibility index (Phi) is 3.29. The van der Waals surface area contributed by atoms with E-state index in [1.807, 2.05) is 24.3 Å². The lowest BCUT2D eigenvalue weighted by Crippen LogP contribution is -2.29. The summed E-state index contributed by atoms with van der Waals surface area (Å²) in [6, 6.07) is 7.75. The first kappa shape index (κ1) is 10.9. The fraction of sp³-hybridized carbons (Fsp3) is 0.455. The molecule has 0 spiro atoms. The van der Waals surface area contributed by atoms with Crippen molar-refractivity contribution in [2.24, 2.45) is 0 Å². The normalized spacial score (nSPS) is 19.1. The molecule has 4 heteroatoms. The van der Waals surface area contributed by atoms with Gasteiger partial charge in [0.1, 0.15) is 5.75 Å². The fourth-order valence-corrected chi connectivity index (χ4v) is 2.34. The molecule has 1 aromatic rings. The molecule has 1 aliphatic rings. The standard InChI is InChI=1S/C11H13BrO3/c1-13-10-5-3-2-4-9(10)11(8-12)14-6-7-15-11/h2-5H,6-8H2,1H3. The van der Waals surface area contributed by atoms with Gasteiger partial charge in [-0.15, -0.1) is 0 Å². The molecule has 0 saturated carbocycles. The first-order valence-corrected chi connectivity index (χ1v) is 5.92. The highest BCUT2D eigenvalue weighted by molar-refractivity contribution is 9.09. The Balaban J connectivity index is 2.41. The van der Waals surface area contributed by atoms with E-state index in [1.54, 1.807) is 7.11 Å². The lowest BCUT2D eigenvalue weighted by Gasteiger charge is -2.26. The summed E-state index contributed by atoms with van der Waals surface area (Å²) in [7, 11) is 1.65. The summed E-state index contributed by atoms with van der Waals surface area (Å²) in [5, 5.41) is 0.598. The molecule has 82 valence electrons. The highest BCUT2D eigenvalue weighted by Crippen LogP contribution is 2.38. The van der Waals surface area contributed by atoms with Gasteiger partial charge in [-0.25, -0.2) is 0 Å². The van der Waals surface area contributed by atoms with Crippen LogP contribution in [0.1, 0.15) is 5.56 Å². The number of benzene rings is 1. The van der Waals surface area contributed by atoms with Crippen LogP contribution < -0.4 is 4.74 Å². The SMILES string of the molecule is COc1ccccc1C1(CBr)OCCO1. The molecule has 0 bridgehead atoms. The topological polar surface area (TPSA) is 27.7 Å². The summed E-state index contributed by atoms with van der Waals surface area (Å²) in [5.41, 5.74) is 0.932. The minimum atomic E-state index is -0.688. The number of hydrogen-bond donors (Lipinski definition) is 0. The van der Waals surface area contributed by atoms with Crippen LogP contribution in [0.15, 0.2) is 24.3 Å². The molecule has 0 N–H and O–H groups in total. The predicted molar refractivity (Wildman–Crippen MR) is 60.4 cm³/mol. The summed E-state index contributed by atoms with van der Waals surface area (Å²) in [6.07, 6.45) is 0. The Bertz CT molecular complexity index is 334. The number of hydrogen-bond acceptors (Lipinski definition) is 3. The van der Waals surface area contributed by atoms with Crippen LogP contribution in [0.3, 0.4) is 0 Å². The lowest BCUT2D eigenvalue weighted by atomic mass is 10.1. The van der Waals surface area contributed by atoms with Crippen molar-refractivity contribution in [3.63, 3.8) is 0 Å². The smallest absolute Gasteiger partial charge is 0.208 e. The van der Waals surface area contributed by atoms with Gasteiger partial charge in [0, 0.05) is 0 Å². The van der Waals surface area contributed by atoms with E-state index in [1.165, 1.54) is 0 Å². The summed E-state index contributed by atoms with van der Waals surface area (Å²) < 4.78 is 16.6. The van der Waals surface area contributed by atoms with Gasteiger partial charge in [-0.05, 0) is 12.1 Å². The van der Waals surface area contributed by atoms with E-state index in [4.69, 9.17) is 14.2 Å². The first-order valence-electron chi connectivity index (χ1n) is 4.80. The second kappa shape index (κ2) is 4.51. The van der Waals surface area contributed by atoms with Gasteiger partial charge < -0.3 is 14.2 Å². The minimum absolute atomic E-state index is 0.598. The second-order valence-electron chi connectivity index (χ2n) is 3.28. The maximum Gasteiger partial charge on any atom is 0.208 e. The molecular formula is C11H13BrO3. The maximum atomic E-state index is 5.67. The number of methoxy groups -OCH3 is 1. The Labute approximate surface area is 97.5 Å². The quantitative estimate of drug-likeness (QED) is 0.791. The van der Waals surface area contributed by atoms with Crippen LogP contribution in [0.2, 0.25) is 0 Å². The molecule has 3 nitrogen and oxygen atoms in total. The summed E-state index contributed by atoms with van der Waals surface area (Å²) in [5.74, 6) is 0.103. The second-order valence-corrected chi connectivity index (χ2v) is 3.84. The van der Waals surface area contributed by atoms with Crippen LogP contribution in [0.25, 0.3) is 0 Å². The van der Waals surface area contributed by atoms with Crippen molar-refractivity contribution < 1.29 is 14.2 Å². The number of para-hydroxylation sites is 1. The molecule has 1 fully saturated rings. The van der Waals surface area contributed by atoms with Crippen LogP contribution >= 0.6 is 15.9 Å². The highest BCUT2D eigenvalue weighted by atomic mass is 79.9. The molecule has 1 heterocycles. The van der Waals surface area contributed by atoms with Crippen LogP contribution in [0.5, 0.6) is 5.75 Å². The van der Waals surface area contributed by atoms with E-state index in [2.05, 4.69) is 15.9 Å². The predicted octanol–water partition coefficient (Wildman–Crippen LogP) is 2.29. The summed E-state index contributed by atoms with van der Waals surface area (Å²) in [4.78, 5) is 0. The van der Waals surface area contributed by atoms with Gasteiger partial charge in [-0.3, -0.25) is 0 Å². The summed E-state index contributed by atoms with van der Waals surface area (Å²) >= 11 is 3.43. The van der Waals surface area contributed by atoms with Crippen LogP contribution in [0, 0.1) is 0 Å². The van der Waals surface area contributed by atoms with E-state index in [0.29, 0.717) is 18.5 Å². The van der Waals surface area contributed by atoms with Crippen molar-refractivity contribution in [2.75, 3.05) is 25.7 Å². The van der Waals surface area contributed by atoms with Crippen molar-refractivity contribution in [3.8, 4) is 5.75 Å². The molecule has 2 rings (SSSR count). The third kappa shape index (κ3) is 1.89. The summed E-state index contributed by atoms with van der Waals surface area (Å²) in [6.45, 7) is 1.23. The molecule has 1 saturated heterocycles. The van der Waals surface area contributed by atoms with E-state index in [0.717, 1.165) is 11.3 Å². The molecule has 0 aromatic heterocycles. The number of rotatable bonds is 3. The Hall–Kier alpha value is -0.580. The van der Waals surface area contributed by atoms with Crippen LogP contribution in [0.4, 0.5) is 0 Å². The van der Waals surface area contributed by atoms with Gasteiger partial charge in [0.15, 0.2) is 0 Å². The Morgan fingerprint density at radius 1 is 1.33 bits per heavy atom. The zero-order valence-corrected chi connectivity index (χ0v) is 10.1. The van der Waals surface area contributed by atoms with Crippen molar-refractivity contribution in [1.82, 2.24) is 0 Å². The molecule has 0 unspecified atom stereocenters. The number of alkyl halides is 1. The third-order valence-corrected chi connectivity index (χ3v) is 3.19. The van der Waals surface area contributed by atoms with Gasteiger partial charge in [-0.1, -0.05) is 28.1 Å². The molecule has 15 heavy (non-hydrogen) atoms. The largest absolute Gasteiger partial charge is 0.496 e. The van der Waals surface area contributed by atoms with Gasteiger partial charge >= 0.3 is 0 Å². The highest BCUT2D eigenvalue weighted by Gasteiger charge is 2.39. The van der Waals surface area contributed by atoms with Gasteiger partial charge in [0.05, 0.1) is 31.2 Å². The minimum Gasteiger partial charge on any atom is -0.496 e. The van der Waals surface area contributed by atoms with Crippen molar-refractivity contribution in [1.29, 1.82) is 0 Å². The monoisotopic (exact) mass is 272 g/mol. The number of ether oxygens (including phenoxy) is 3. The average Bonchev–Trinajstić information content (AvgIpc) is 2.79. The zero-order chi connectivity index (χ0) is 10.7. The zero-order valence-electron chi connectivity index (χ0n) is 8.53. The lowest BCUT2D eigenvalue weighted by molar-refractivity contribution is -0.145. The molecule has 1 aliphatic heterocycles. The maximum absolute atomic E-state index is 5.67. The van der Waals surface area contributed by atoms with E-state index < -0.39 is 5.79 Å². The van der Waals surface area contributed by atoms with Crippen molar-refractivity contribution in [3.05, 3.63) is 29.8 Å². The molecule has 1 aromatic carbocycles. The molecule has 0 atom stereocenters. The molecule has 0 radical (unpaired) electrons. The Morgan fingerprint density at radius 3 is 2.60 bits per heavy atom. The van der Waals surface area contributed by atoms with Crippen molar-refractivity contribution in [2.45, 2.75) is 5.79 Å². The third-order valence-electron chi connectivity index (χ3n) is 2.45. The van der Waals surface area contributed by atoms with E-state index in [9.17, 15) is 0 Å². The Morgan fingerprint density at radius 2 is 2.00 bits per heavy atom. The van der Waals surface area contributed by atoms with E-state index in [-0.39, 0.29) is 0 Å².